The van der Waals surface area contributed by atoms with Crippen LogP contribution in [0.1, 0.15) is 58.8 Å². The van der Waals surface area contributed by atoms with Crippen LogP contribution < -0.4 is 5.32 Å². The molecule has 1 aliphatic carbocycles. The third kappa shape index (κ3) is 4.18. The molecule has 0 amide bonds. The lowest BCUT2D eigenvalue weighted by atomic mass is 9.90. The molecular weight excluding hydrogens is 240 g/mol. The van der Waals surface area contributed by atoms with Gasteiger partial charge in [0, 0.05) is 6.04 Å². The largest absolute Gasteiger partial charge is 0.480 e. The van der Waals surface area contributed by atoms with Crippen molar-refractivity contribution in [2.75, 3.05) is 20.1 Å². The van der Waals surface area contributed by atoms with E-state index in [0.29, 0.717) is 12.8 Å². The van der Waals surface area contributed by atoms with Crippen molar-refractivity contribution in [1.29, 1.82) is 0 Å². The van der Waals surface area contributed by atoms with Crippen LogP contribution in [0.3, 0.4) is 0 Å². The molecule has 1 atom stereocenters. The smallest absolute Gasteiger partial charge is 0.323 e. The monoisotopic (exact) mass is 270 g/mol. The van der Waals surface area contributed by atoms with Gasteiger partial charge in [-0.15, -0.1) is 0 Å². The number of hydrogen-bond acceptors (Lipinski definition) is 3. The van der Waals surface area contributed by atoms with Gasteiger partial charge in [-0.2, -0.15) is 0 Å². The van der Waals surface area contributed by atoms with Gasteiger partial charge in [0.25, 0.3) is 0 Å². The van der Waals surface area contributed by atoms with Crippen molar-refractivity contribution in [3.05, 3.63) is 0 Å². The zero-order chi connectivity index (χ0) is 14.3. The van der Waals surface area contributed by atoms with Gasteiger partial charge >= 0.3 is 5.97 Å². The van der Waals surface area contributed by atoms with Gasteiger partial charge < -0.3 is 15.3 Å². The standard InChI is InChI=1S/C15H30N2O2/c1-4-15(16-3,14(18)19)11-8-12-17(5-2)13-9-6-7-10-13/h13,16H,4-12H2,1-3H3,(H,18,19). The van der Waals surface area contributed by atoms with E-state index in [-0.39, 0.29) is 0 Å². The van der Waals surface area contributed by atoms with Gasteiger partial charge in [0.05, 0.1) is 0 Å². The Bertz CT molecular complexity index is 271. The second-order valence-corrected chi connectivity index (χ2v) is 5.66. The van der Waals surface area contributed by atoms with Gasteiger partial charge in [-0.25, -0.2) is 0 Å². The molecular formula is C15H30N2O2. The van der Waals surface area contributed by atoms with Crippen LogP contribution in [0.5, 0.6) is 0 Å². The number of carbonyl (C=O) groups is 1. The maximum Gasteiger partial charge on any atom is 0.323 e. The van der Waals surface area contributed by atoms with Crippen LogP contribution in [-0.4, -0.2) is 47.7 Å². The maximum atomic E-state index is 11.4. The summed E-state index contributed by atoms with van der Waals surface area (Å²) >= 11 is 0. The molecule has 1 aliphatic rings. The first-order chi connectivity index (χ1) is 9.09. The van der Waals surface area contributed by atoms with Crippen molar-refractivity contribution < 1.29 is 9.90 Å². The fraction of sp³-hybridized carbons (Fsp3) is 0.933. The third-order valence-electron chi connectivity index (χ3n) is 4.79. The number of nitrogens with zero attached hydrogens (tertiary/aromatic N) is 1. The molecule has 4 heteroatoms. The van der Waals surface area contributed by atoms with Gasteiger partial charge in [0.2, 0.25) is 0 Å². The molecule has 0 aliphatic heterocycles. The van der Waals surface area contributed by atoms with Gasteiger partial charge in [0.1, 0.15) is 5.54 Å². The molecule has 0 saturated heterocycles. The van der Waals surface area contributed by atoms with Gasteiger partial charge in [-0.05, 0) is 52.2 Å². The number of hydrogen-bond donors (Lipinski definition) is 2. The summed E-state index contributed by atoms with van der Waals surface area (Å²) in [7, 11) is 1.76. The molecule has 0 bridgehead atoms. The zero-order valence-electron chi connectivity index (χ0n) is 12.7. The van der Waals surface area contributed by atoms with Crippen molar-refractivity contribution in [1.82, 2.24) is 10.2 Å². The summed E-state index contributed by atoms with van der Waals surface area (Å²) < 4.78 is 0. The first kappa shape index (κ1) is 16.4. The maximum absolute atomic E-state index is 11.4. The Balaban J connectivity index is 2.43. The first-order valence-corrected chi connectivity index (χ1v) is 7.76. The average molecular weight is 270 g/mol. The highest BCUT2D eigenvalue weighted by Gasteiger charge is 2.34. The summed E-state index contributed by atoms with van der Waals surface area (Å²) in [6, 6.07) is 0.737. The van der Waals surface area contributed by atoms with Crippen LogP contribution in [0.25, 0.3) is 0 Å². The van der Waals surface area contributed by atoms with Gasteiger partial charge in [0.15, 0.2) is 0 Å². The summed E-state index contributed by atoms with van der Waals surface area (Å²) in [5.41, 5.74) is -0.741. The Morgan fingerprint density at radius 2 is 2.00 bits per heavy atom. The van der Waals surface area contributed by atoms with E-state index in [0.717, 1.165) is 25.6 Å². The Morgan fingerprint density at radius 3 is 2.42 bits per heavy atom. The van der Waals surface area contributed by atoms with Gasteiger partial charge in [-0.3, -0.25) is 4.79 Å². The molecule has 0 spiro atoms. The summed E-state index contributed by atoms with van der Waals surface area (Å²) in [5.74, 6) is -0.721. The Kier molecular flexibility index (Phi) is 6.80. The topological polar surface area (TPSA) is 52.6 Å². The van der Waals surface area contributed by atoms with Crippen LogP contribution in [-0.2, 0) is 4.79 Å². The highest BCUT2D eigenvalue weighted by molar-refractivity contribution is 5.78. The summed E-state index contributed by atoms with van der Waals surface area (Å²) in [5, 5.41) is 12.4. The number of rotatable bonds is 9. The molecule has 112 valence electrons. The summed E-state index contributed by atoms with van der Waals surface area (Å²) in [6.45, 7) is 6.26. The molecule has 0 aromatic heterocycles. The number of nitrogens with one attached hydrogen (secondary N) is 1. The molecule has 19 heavy (non-hydrogen) atoms. The third-order valence-corrected chi connectivity index (χ3v) is 4.79. The molecule has 1 rings (SSSR count). The lowest BCUT2D eigenvalue weighted by Crippen LogP contribution is -2.50. The van der Waals surface area contributed by atoms with Crippen molar-refractivity contribution in [2.24, 2.45) is 0 Å². The van der Waals surface area contributed by atoms with Crippen molar-refractivity contribution >= 4 is 5.97 Å². The number of likely N-dealkylation sites (N-methyl/N-ethyl adjacent to an activating group) is 1. The summed E-state index contributed by atoms with van der Waals surface area (Å²) in [6.07, 6.45) is 7.63. The van der Waals surface area contributed by atoms with Crippen molar-refractivity contribution in [3.8, 4) is 0 Å². The van der Waals surface area contributed by atoms with E-state index in [1.54, 1.807) is 7.05 Å². The Labute approximate surface area is 117 Å². The Morgan fingerprint density at radius 1 is 1.37 bits per heavy atom. The summed E-state index contributed by atoms with van der Waals surface area (Å²) in [4.78, 5) is 13.9. The molecule has 1 fully saturated rings. The quantitative estimate of drug-likeness (QED) is 0.676. The number of carboxylic acid groups (broad SMARTS) is 1. The average Bonchev–Trinajstić information content (AvgIpc) is 2.93. The lowest BCUT2D eigenvalue weighted by Gasteiger charge is -2.31. The van der Waals surface area contributed by atoms with E-state index < -0.39 is 11.5 Å². The van der Waals surface area contributed by atoms with Crippen LogP contribution in [0.15, 0.2) is 0 Å². The fourth-order valence-electron chi connectivity index (χ4n) is 3.30. The van der Waals surface area contributed by atoms with E-state index in [1.165, 1.54) is 25.7 Å². The highest BCUT2D eigenvalue weighted by atomic mass is 16.4. The second-order valence-electron chi connectivity index (χ2n) is 5.66. The van der Waals surface area contributed by atoms with Crippen LogP contribution in [0, 0.1) is 0 Å². The second kappa shape index (κ2) is 7.85. The molecule has 0 heterocycles. The minimum Gasteiger partial charge on any atom is -0.480 e. The molecule has 0 radical (unpaired) electrons. The fourth-order valence-corrected chi connectivity index (χ4v) is 3.30. The zero-order valence-corrected chi connectivity index (χ0v) is 12.7. The molecule has 1 unspecified atom stereocenters. The van der Waals surface area contributed by atoms with E-state index in [1.807, 2.05) is 6.92 Å². The molecule has 4 nitrogen and oxygen atoms in total. The van der Waals surface area contributed by atoms with E-state index in [9.17, 15) is 9.90 Å². The van der Waals surface area contributed by atoms with Crippen LogP contribution in [0.2, 0.25) is 0 Å². The molecule has 0 aromatic rings. The predicted octanol–water partition coefficient (Wildman–Crippen LogP) is 2.48. The number of carboxylic acids is 1. The Hall–Kier alpha value is -0.610. The normalized spacial score (nSPS) is 19.8. The SMILES string of the molecule is CCN(CCCC(CC)(NC)C(=O)O)C1CCCC1. The minimum atomic E-state index is -0.741. The van der Waals surface area contributed by atoms with Crippen molar-refractivity contribution in [2.45, 2.75) is 70.4 Å². The predicted molar refractivity (Wildman–Crippen MR) is 78.5 cm³/mol. The lowest BCUT2D eigenvalue weighted by molar-refractivity contribution is -0.145. The van der Waals surface area contributed by atoms with Crippen LogP contribution >= 0.6 is 0 Å². The van der Waals surface area contributed by atoms with E-state index >= 15 is 0 Å². The van der Waals surface area contributed by atoms with Crippen molar-refractivity contribution in [3.63, 3.8) is 0 Å². The first-order valence-electron chi connectivity index (χ1n) is 7.76. The van der Waals surface area contributed by atoms with E-state index in [2.05, 4.69) is 17.1 Å². The molecule has 1 saturated carbocycles. The number of aliphatic carboxylic acids is 1. The van der Waals surface area contributed by atoms with Gasteiger partial charge in [-0.1, -0.05) is 26.7 Å². The molecule has 2 N–H and O–H groups in total. The molecule has 0 aromatic carbocycles. The highest BCUT2D eigenvalue weighted by Crippen LogP contribution is 2.24. The van der Waals surface area contributed by atoms with E-state index in [4.69, 9.17) is 0 Å². The van der Waals surface area contributed by atoms with Crippen LogP contribution in [0.4, 0.5) is 0 Å². The minimum absolute atomic E-state index is 0.633.